The second-order valence-electron chi connectivity index (χ2n) is 3.75. The van der Waals surface area contributed by atoms with Crippen LogP contribution in [0.25, 0.3) is 6.08 Å². The van der Waals surface area contributed by atoms with Crippen molar-refractivity contribution < 1.29 is 4.79 Å². The van der Waals surface area contributed by atoms with Crippen molar-refractivity contribution in [1.82, 2.24) is 15.0 Å². The Balaban J connectivity index is 2.34. The molecule has 0 bridgehead atoms. The lowest BCUT2D eigenvalue weighted by atomic mass is 10.1. The predicted molar refractivity (Wildman–Crippen MR) is 68.6 cm³/mol. The van der Waals surface area contributed by atoms with Crippen molar-refractivity contribution in [3.05, 3.63) is 47.7 Å². The molecule has 0 aliphatic heterocycles. The highest BCUT2D eigenvalue weighted by molar-refractivity contribution is 5.94. The van der Waals surface area contributed by atoms with Crippen LogP contribution in [0.2, 0.25) is 0 Å². The zero-order chi connectivity index (χ0) is 13.1. The summed E-state index contributed by atoms with van der Waals surface area (Å²) in [5, 5.41) is 7.47. The number of primary amides is 1. The summed E-state index contributed by atoms with van der Waals surface area (Å²) in [7, 11) is 0. The number of carbonyl (C=O) groups is 1. The van der Waals surface area contributed by atoms with Crippen LogP contribution in [0.5, 0.6) is 0 Å². The molecule has 0 aliphatic carbocycles. The van der Waals surface area contributed by atoms with Gasteiger partial charge in [0.2, 0.25) is 0 Å². The largest absolute Gasteiger partial charge is 0.382 e. The van der Waals surface area contributed by atoms with Gasteiger partial charge in [-0.15, -0.1) is 5.10 Å². The van der Waals surface area contributed by atoms with Crippen molar-refractivity contribution in [3.8, 4) is 0 Å². The Morgan fingerprint density at radius 3 is 2.78 bits per heavy atom. The third kappa shape index (κ3) is 2.08. The zero-order valence-corrected chi connectivity index (χ0v) is 9.71. The molecule has 0 saturated heterocycles. The summed E-state index contributed by atoms with van der Waals surface area (Å²) in [6.45, 7) is 4.15. The van der Waals surface area contributed by atoms with E-state index in [0.29, 0.717) is 6.54 Å². The second-order valence-corrected chi connectivity index (χ2v) is 3.75. The first kappa shape index (κ1) is 11.8. The molecule has 6 nitrogen and oxygen atoms in total. The van der Waals surface area contributed by atoms with Gasteiger partial charge in [-0.2, -0.15) is 0 Å². The first-order chi connectivity index (χ1) is 8.63. The molecule has 0 fully saturated rings. The molecule has 0 radical (unpaired) electrons. The maximum atomic E-state index is 11.0. The lowest BCUT2D eigenvalue weighted by molar-refractivity contribution is 0.0996. The van der Waals surface area contributed by atoms with E-state index in [1.807, 2.05) is 24.3 Å². The number of nitrogens with zero attached hydrogens (tertiary/aromatic N) is 3. The van der Waals surface area contributed by atoms with Crippen LogP contribution >= 0.6 is 0 Å². The molecular weight excluding hydrogens is 230 g/mol. The maximum Gasteiger partial charge on any atom is 0.273 e. The van der Waals surface area contributed by atoms with E-state index in [4.69, 9.17) is 11.5 Å². The SMILES string of the molecule is C=Cc1ccccc1Cn1nnc(C(N)=O)c1N. The number of nitrogens with two attached hydrogens (primary N) is 2. The van der Waals surface area contributed by atoms with Crippen LogP contribution in [-0.2, 0) is 6.54 Å². The predicted octanol–water partition coefficient (Wildman–Crippen LogP) is 0.651. The fourth-order valence-corrected chi connectivity index (χ4v) is 1.65. The molecule has 2 rings (SSSR count). The van der Waals surface area contributed by atoms with Crippen molar-refractivity contribution in [2.24, 2.45) is 5.73 Å². The molecule has 0 saturated carbocycles. The Hall–Kier alpha value is -2.63. The minimum Gasteiger partial charge on any atom is -0.382 e. The minimum atomic E-state index is -0.684. The molecule has 6 heteroatoms. The van der Waals surface area contributed by atoms with Crippen molar-refractivity contribution in [1.29, 1.82) is 0 Å². The molecular formula is C12H13N5O. The Bertz CT molecular complexity index is 602. The fourth-order valence-electron chi connectivity index (χ4n) is 1.65. The van der Waals surface area contributed by atoms with E-state index in [-0.39, 0.29) is 11.5 Å². The smallest absolute Gasteiger partial charge is 0.273 e. The number of carbonyl (C=O) groups excluding carboxylic acids is 1. The molecule has 1 aromatic carbocycles. The number of hydrogen-bond donors (Lipinski definition) is 2. The van der Waals surface area contributed by atoms with Gasteiger partial charge in [-0.3, -0.25) is 4.79 Å². The molecule has 4 N–H and O–H groups in total. The van der Waals surface area contributed by atoms with Gasteiger partial charge in [-0.1, -0.05) is 42.1 Å². The van der Waals surface area contributed by atoms with Gasteiger partial charge in [0, 0.05) is 0 Å². The average molecular weight is 243 g/mol. The second kappa shape index (κ2) is 4.70. The van der Waals surface area contributed by atoms with Gasteiger partial charge >= 0.3 is 0 Å². The number of nitrogen functional groups attached to an aromatic ring is 1. The van der Waals surface area contributed by atoms with Gasteiger partial charge in [-0.25, -0.2) is 4.68 Å². The quantitative estimate of drug-likeness (QED) is 0.823. The molecule has 1 amide bonds. The van der Waals surface area contributed by atoms with Crippen LogP contribution in [0.3, 0.4) is 0 Å². The third-order valence-corrected chi connectivity index (χ3v) is 2.60. The zero-order valence-electron chi connectivity index (χ0n) is 9.71. The van der Waals surface area contributed by atoms with E-state index < -0.39 is 5.91 Å². The highest BCUT2D eigenvalue weighted by atomic mass is 16.1. The molecule has 0 atom stereocenters. The summed E-state index contributed by atoms with van der Waals surface area (Å²) in [5.41, 5.74) is 12.8. The van der Waals surface area contributed by atoms with Crippen LogP contribution in [-0.4, -0.2) is 20.9 Å². The first-order valence-electron chi connectivity index (χ1n) is 5.32. The van der Waals surface area contributed by atoms with E-state index in [9.17, 15) is 4.79 Å². The lowest BCUT2D eigenvalue weighted by Crippen LogP contribution is -2.15. The Labute approximate surface area is 104 Å². The summed E-state index contributed by atoms with van der Waals surface area (Å²) in [5.74, 6) is -0.517. The van der Waals surface area contributed by atoms with E-state index in [1.54, 1.807) is 6.08 Å². The van der Waals surface area contributed by atoms with Gasteiger partial charge in [0.1, 0.15) is 0 Å². The number of anilines is 1. The maximum absolute atomic E-state index is 11.0. The van der Waals surface area contributed by atoms with Crippen LogP contribution in [0, 0.1) is 0 Å². The molecule has 0 aliphatic rings. The normalized spacial score (nSPS) is 10.2. The van der Waals surface area contributed by atoms with Crippen LogP contribution < -0.4 is 11.5 Å². The molecule has 1 aromatic heterocycles. The van der Waals surface area contributed by atoms with E-state index >= 15 is 0 Å². The topological polar surface area (TPSA) is 99.8 Å². The van der Waals surface area contributed by atoms with Gasteiger partial charge in [0.15, 0.2) is 11.5 Å². The molecule has 0 spiro atoms. The number of benzene rings is 1. The van der Waals surface area contributed by atoms with Crippen molar-refractivity contribution in [2.75, 3.05) is 5.73 Å². The highest BCUT2D eigenvalue weighted by Crippen LogP contribution is 2.14. The van der Waals surface area contributed by atoms with Crippen LogP contribution in [0.4, 0.5) is 5.82 Å². The van der Waals surface area contributed by atoms with Crippen molar-refractivity contribution >= 4 is 17.8 Å². The Kier molecular flexibility index (Phi) is 3.09. The molecule has 1 heterocycles. The average Bonchev–Trinajstić information content (AvgIpc) is 2.72. The van der Waals surface area contributed by atoms with E-state index in [2.05, 4.69) is 16.9 Å². The molecule has 18 heavy (non-hydrogen) atoms. The fraction of sp³-hybridized carbons (Fsp3) is 0.0833. The van der Waals surface area contributed by atoms with Gasteiger partial charge in [-0.05, 0) is 11.1 Å². The van der Waals surface area contributed by atoms with Crippen LogP contribution in [0.1, 0.15) is 21.6 Å². The Morgan fingerprint density at radius 1 is 1.44 bits per heavy atom. The summed E-state index contributed by atoms with van der Waals surface area (Å²) >= 11 is 0. The number of rotatable bonds is 4. The summed E-state index contributed by atoms with van der Waals surface area (Å²) in [6, 6.07) is 7.69. The summed E-state index contributed by atoms with van der Waals surface area (Å²) in [6.07, 6.45) is 1.75. The molecule has 92 valence electrons. The van der Waals surface area contributed by atoms with Gasteiger partial charge < -0.3 is 11.5 Å². The molecule has 0 unspecified atom stereocenters. The molecule has 2 aromatic rings. The van der Waals surface area contributed by atoms with Crippen molar-refractivity contribution in [3.63, 3.8) is 0 Å². The number of aromatic nitrogens is 3. The summed E-state index contributed by atoms with van der Waals surface area (Å²) < 4.78 is 1.43. The first-order valence-corrected chi connectivity index (χ1v) is 5.32. The van der Waals surface area contributed by atoms with E-state index in [1.165, 1.54) is 4.68 Å². The van der Waals surface area contributed by atoms with Gasteiger partial charge in [0.25, 0.3) is 5.91 Å². The third-order valence-electron chi connectivity index (χ3n) is 2.60. The van der Waals surface area contributed by atoms with Crippen LogP contribution in [0.15, 0.2) is 30.8 Å². The number of hydrogen-bond acceptors (Lipinski definition) is 4. The van der Waals surface area contributed by atoms with E-state index in [0.717, 1.165) is 11.1 Å². The van der Waals surface area contributed by atoms with Gasteiger partial charge in [0.05, 0.1) is 6.54 Å². The summed E-state index contributed by atoms with van der Waals surface area (Å²) in [4.78, 5) is 11.0. The number of amides is 1. The monoisotopic (exact) mass is 243 g/mol. The standard InChI is InChI=1S/C12H13N5O/c1-2-8-5-3-4-6-9(8)7-17-11(13)10(12(14)18)15-16-17/h2-6H,1,7,13H2,(H2,14,18). The lowest BCUT2D eigenvalue weighted by Gasteiger charge is -2.06. The highest BCUT2D eigenvalue weighted by Gasteiger charge is 2.14. The Morgan fingerprint density at radius 2 is 2.17 bits per heavy atom. The minimum absolute atomic E-state index is 0.00826. The van der Waals surface area contributed by atoms with Crippen molar-refractivity contribution in [2.45, 2.75) is 6.54 Å².